The maximum atomic E-state index is 13.0. The summed E-state index contributed by atoms with van der Waals surface area (Å²) >= 11 is 1.49. The van der Waals surface area contributed by atoms with Crippen LogP contribution in [0.5, 0.6) is 0 Å². The Kier molecular flexibility index (Phi) is 5.35. The molecule has 5 nitrogen and oxygen atoms in total. The highest BCUT2D eigenvalue weighted by Crippen LogP contribution is 2.43. The highest BCUT2D eigenvalue weighted by atomic mass is 32.1. The molecule has 0 aliphatic heterocycles. The highest BCUT2D eigenvalue weighted by molar-refractivity contribution is 7.13. The van der Waals surface area contributed by atoms with Crippen LogP contribution < -0.4 is 5.32 Å². The van der Waals surface area contributed by atoms with Crippen LogP contribution >= 0.6 is 11.3 Å². The molecule has 1 heterocycles. The minimum atomic E-state index is -0.293. The lowest BCUT2D eigenvalue weighted by Crippen LogP contribution is -2.28. The molecule has 1 unspecified atom stereocenters. The fourth-order valence-corrected chi connectivity index (χ4v) is 5.37. The lowest BCUT2D eigenvalue weighted by atomic mass is 9.86. The summed E-state index contributed by atoms with van der Waals surface area (Å²) in [5, 5.41) is 3.07. The molecule has 1 N–H and O–H groups in total. The van der Waals surface area contributed by atoms with E-state index in [2.05, 4.69) is 5.32 Å². The normalized spacial score (nSPS) is 21.4. The van der Waals surface area contributed by atoms with E-state index in [-0.39, 0.29) is 29.5 Å². The monoisotopic (exact) mass is 389 g/mol. The molecular weight excluding hydrogens is 362 g/mol. The van der Waals surface area contributed by atoms with Gasteiger partial charge in [-0.25, -0.2) is 0 Å². The van der Waals surface area contributed by atoms with E-state index in [9.17, 15) is 14.4 Å². The summed E-state index contributed by atoms with van der Waals surface area (Å²) in [5.74, 6) is 0.447. The van der Waals surface area contributed by atoms with Crippen molar-refractivity contribution in [3.8, 4) is 0 Å². The Bertz CT molecular complexity index is 760. The van der Waals surface area contributed by atoms with Crippen LogP contribution in [-0.2, 0) is 27.2 Å². The van der Waals surface area contributed by atoms with Crippen molar-refractivity contribution >= 4 is 29.0 Å². The molecule has 27 heavy (non-hydrogen) atoms. The van der Waals surface area contributed by atoms with Crippen LogP contribution in [0.15, 0.2) is 0 Å². The molecule has 1 amide bonds. The van der Waals surface area contributed by atoms with Gasteiger partial charge in [0.2, 0.25) is 0 Å². The standard InChI is InChI=1S/C21H27NO4S/c1-2-26-21(25)15-5-3-4-14-18(20(24)22-11-12-6-7-12)17(27-19(14)15)10-16(23)13-8-9-13/h12-13,15H,2-11H2,1H3,(H,22,24). The van der Waals surface area contributed by atoms with E-state index >= 15 is 0 Å². The molecular formula is C21H27NO4S. The third kappa shape index (κ3) is 4.10. The summed E-state index contributed by atoms with van der Waals surface area (Å²) < 4.78 is 5.26. The van der Waals surface area contributed by atoms with Crippen molar-refractivity contribution in [1.82, 2.24) is 5.32 Å². The second kappa shape index (κ2) is 7.74. The zero-order valence-corrected chi connectivity index (χ0v) is 16.7. The molecule has 146 valence electrons. The number of nitrogens with one attached hydrogen (secondary N) is 1. The molecule has 2 saturated carbocycles. The second-order valence-electron chi connectivity index (χ2n) is 8.01. The van der Waals surface area contributed by atoms with E-state index in [1.165, 1.54) is 24.2 Å². The van der Waals surface area contributed by atoms with Crippen LogP contribution in [0.2, 0.25) is 0 Å². The van der Waals surface area contributed by atoms with E-state index in [1.54, 1.807) is 0 Å². The fourth-order valence-electron chi connectivity index (χ4n) is 3.89. The third-order valence-electron chi connectivity index (χ3n) is 5.76. The number of thiophene rings is 1. The number of hydrogen-bond donors (Lipinski definition) is 1. The first-order valence-electron chi connectivity index (χ1n) is 10.2. The number of ether oxygens (including phenoxy) is 1. The number of fused-ring (bicyclic) bond motifs is 1. The van der Waals surface area contributed by atoms with Gasteiger partial charge in [0.15, 0.2) is 0 Å². The molecule has 0 spiro atoms. The van der Waals surface area contributed by atoms with Crippen molar-refractivity contribution in [3.63, 3.8) is 0 Å². The summed E-state index contributed by atoms with van der Waals surface area (Å²) in [6, 6.07) is 0. The number of carbonyl (C=O) groups is 3. The summed E-state index contributed by atoms with van der Waals surface area (Å²) in [6.07, 6.45) is 7.05. The number of esters is 1. The van der Waals surface area contributed by atoms with Crippen molar-refractivity contribution in [2.75, 3.05) is 13.2 Å². The van der Waals surface area contributed by atoms with Crippen molar-refractivity contribution in [2.24, 2.45) is 11.8 Å². The molecule has 0 radical (unpaired) electrons. The topological polar surface area (TPSA) is 72.5 Å². The van der Waals surface area contributed by atoms with E-state index in [1.807, 2.05) is 6.92 Å². The first-order chi connectivity index (χ1) is 13.1. The first-order valence-corrected chi connectivity index (χ1v) is 11.0. The lowest BCUT2D eigenvalue weighted by molar-refractivity contribution is -0.145. The quantitative estimate of drug-likeness (QED) is 0.692. The van der Waals surface area contributed by atoms with E-state index in [4.69, 9.17) is 4.74 Å². The van der Waals surface area contributed by atoms with Gasteiger partial charge in [0, 0.05) is 28.6 Å². The zero-order valence-electron chi connectivity index (χ0n) is 15.8. The maximum absolute atomic E-state index is 13.0. The van der Waals surface area contributed by atoms with Crippen molar-refractivity contribution in [3.05, 3.63) is 20.9 Å². The fraction of sp³-hybridized carbons (Fsp3) is 0.667. The molecule has 1 atom stereocenters. The molecule has 1 aromatic heterocycles. The van der Waals surface area contributed by atoms with Gasteiger partial charge in [-0.2, -0.15) is 0 Å². The number of carbonyl (C=O) groups excluding carboxylic acids is 3. The lowest BCUT2D eigenvalue weighted by Gasteiger charge is -2.21. The second-order valence-corrected chi connectivity index (χ2v) is 9.15. The largest absolute Gasteiger partial charge is 0.465 e. The molecule has 2 fully saturated rings. The van der Waals surface area contributed by atoms with Crippen LogP contribution in [0.4, 0.5) is 0 Å². The molecule has 1 aromatic rings. The Morgan fingerprint density at radius 3 is 2.59 bits per heavy atom. The number of Topliss-reactive ketones (excluding diaryl/α,β-unsaturated/α-hetero) is 1. The summed E-state index contributed by atoms with van der Waals surface area (Å²) in [7, 11) is 0. The van der Waals surface area contributed by atoms with Gasteiger partial charge in [0.05, 0.1) is 18.1 Å². The van der Waals surface area contributed by atoms with Crippen LogP contribution in [-0.4, -0.2) is 30.8 Å². The smallest absolute Gasteiger partial charge is 0.314 e. The number of rotatable bonds is 8. The Labute approximate surface area is 163 Å². The van der Waals surface area contributed by atoms with Gasteiger partial charge in [-0.15, -0.1) is 11.3 Å². The van der Waals surface area contributed by atoms with Crippen LogP contribution in [0, 0.1) is 11.8 Å². The molecule has 3 aliphatic carbocycles. The number of hydrogen-bond acceptors (Lipinski definition) is 5. The van der Waals surface area contributed by atoms with Crippen LogP contribution in [0.25, 0.3) is 0 Å². The van der Waals surface area contributed by atoms with E-state index < -0.39 is 0 Å². The minimum absolute atomic E-state index is 0.0671. The average Bonchev–Trinajstić information content (AvgIpc) is 3.55. The van der Waals surface area contributed by atoms with Gasteiger partial charge in [-0.05, 0) is 63.4 Å². The van der Waals surface area contributed by atoms with Gasteiger partial charge in [0.1, 0.15) is 5.78 Å². The summed E-state index contributed by atoms with van der Waals surface area (Å²) in [4.78, 5) is 39.6. The average molecular weight is 390 g/mol. The molecule has 0 aromatic carbocycles. The van der Waals surface area contributed by atoms with Crippen molar-refractivity contribution < 1.29 is 19.1 Å². The number of amides is 1. The van der Waals surface area contributed by atoms with Crippen LogP contribution in [0.3, 0.4) is 0 Å². The van der Waals surface area contributed by atoms with Gasteiger partial charge >= 0.3 is 5.97 Å². The molecule has 0 bridgehead atoms. The molecule has 6 heteroatoms. The molecule has 4 rings (SSSR count). The Hall–Kier alpha value is -1.69. The van der Waals surface area contributed by atoms with Crippen LogP contribution in [0.1, 0.15) is 77.0 Å². The Morgan fingerprint density at radius 1 is 1.15 bits per heavy atom. The van der Waals surface area contributed by atoms with Gasteiger partial charge < -0.3 is 10.1 Å². The van der Waals surface area contributed by atoms with Gasteiger partial charge in [-0.1, -0.05) is 0 Å². The predicted octanol–water partition coefficient (Wildman–Crippen LogP) is 3.39. The van der Waals surface area contributed by atoms with E-state index in [0.29, 0.717) is 31.1 Å². The zero-order chi connectivity index (χ0) is 19.0. The highest BCUT2D eigenvalue weighted by Gasteiger charge is 2.37. The van der Waals surface area contributed by atoms with Gasteiger partial charge in [-0.3, -0.25) is 14.4 Å². The predicted molar refractivity (Wildman–Crippen MR) is 103 cm³/mol. The summed E-state index contributed by atoms with van der Waals surface area (Å²) in [6.45, 7) is 2.88. The minimum Gasteiger partial charge on any atom is -0.465 e. The molecule has 0 saturated heterocycles. The molecule has 3 aliphatic rings. The SMILES string of the molecule is CCOC(=O)C1CCCc2c1sc(CC(=O)C1CC1)c2C(=O)NCC1CC1. The number of ketones is 1. The summed E-state index contributed by atoms with van der Waals surface area (Å²) in [5.41, 5.74) is 1.66. The van der Waals surface area contributed by atoms with Gasteiger partial charge in [0.25, 0.3) is 5.91 Å². The Balaban J connectivity index is 1.64. The third-order valence-corrected chi connectivity index (χ3v) is 7.11. The van der Waals surface area contributed by atoms with Crippen molar-refractivity contribution in [2.45, 2.75) is 64.2 Å². The first kappa shape index (κ1) is 18.7. The van der Waals surface area contributed by atoms with E-state index in [0.717, 1.165) is 47.4 Å². The van der Waals surface area contributed by atoms with Crippen molar-refractivity contribution in [1.29, 1.82) is 0 Å². The Morgan fingerprint density at radius 2 is 1.93 bits per heavy atom. The maximum Gasteiger partial charge on any atom is 0.314 e.